The molecule has 2 amide bonds. The number of rotatable bonds is 6. The maximum absolute atomic E-state index is 12.2. The van der Waals surface area contributed by atoms with Crippen molar-refractivity contribution in [3.8, 4) is 0 Å². The Morgan fingerprint density at radius 1 is 1.52 bits per heavy atom. The van der Waals surface area contributed by atoms with Crippen molar-refractivity contribution in [1.82, 2.24) is 15.0 Å². The maximum Gasteiger partial charge on any atom is 0.323 e. The summed E-state index contributed by atoms with van der Waals surface area (Å²) < 4.78 is 10.1. The van der Waals surface area contributed by atoms with E-state index < -0.39 is 0 Å². The number of nitrogens with zero attached hydrogens (tertiary/aromatic N) is 3. The molecule has 1 aliphatic rings. The van der Waals surface area contributed by atoms with E-state index in [1.165, 1.54) is 6.26 Å². The highest BCUT2D eigenvalue weighted by Gasteiger charge is 2.28. The van der Waals surface area contributed by atoms with Gasteiger partial charge in [0.25, 0.3) is 0 Å². The summed E-state index contributed by atoms with van der Waals surface area (Å²) in [6.45, 7) is 8.89. The van der Waals surface area contributed by atoms with Crippen LogP contribution in [-0.2, 0) is 4.74 Å². The van der Waals surface area contributed by atoms with Crippen LogP contribution in [0.3, 0.4) is 0 Å². The zero-order valence-electron chi connectivity index (χ0n) is 12.7. The van der Waals surface area contributed by atoms with Crippen LogP contribution in [0.25, 0.3) is 0 Å². The Hall–Kier alpha value is -1.60. The Labute approximate surface area is 125 Å². The molecule has 0 radical (unpaired) electrons. The lowest BCUT2D eigenvalue weighted by molar-refractivity contribution is 0.0545. The molecule has 0 bridgehead atoms. The van der Waals surface area contributed by atoms with E-state index in [0.29, 0.717) is 18.4 Å². The molecule has 7 heteroatoms. The van der Waals surface area contributed by atoms with Gasteiger partial charge in [0.2, 0.25) is 0 Å². The maximum atomic E-state index is 12.2. The van der Waals surface area contributed by atoms with E-state index in [9.17, 15) is 4.79 Å². The summed E-state index contributed by atoms with van der Waals surface area (Å²) in [5.74, 6) is 0.451. The number of piperazine rings is 1. The largest absolute Gasteiger partial charge is 0.380 e. The van der Waals surface area contributed by atoms with Crippen molar-refractivity contribution in [2.24, 2.45) is 0 Å². The molecule has 0 saturated carbocycles. The Balaban J connectivity index is 1.83. The molecule has 1 atom stereocenters. The summed E-state index contributed by atoms with van der Waals surface area (Å²) in [6, 6.07) is 1.89. The van der Waals surface area contributed by atoms with E-state index in [-0.39, 0.29) is 6.03 Å². The lowest BCUT2D eigenvalue weighted by Crippen LogP contribution is -2.56. The summed E-state index contributed by atoms with van der Waals surface area (Å²) in [6.07, 6.45) is 2.45. The summed E-state index contributed by atoms with van der Waals surface area (Å²) in [4.78, 5) is 16.4. The number of aromatic nitrogens is 1. The molecule has 0 spiro atoms. The highest BCUT2D eigenvalue weighted by Crippen LogP contribution is 2.14. The molecule has 0 aromatic carbocycles. The first kappa shape index (κ1) is 15.8. The van der Waals surface area contributed by atoms with Crippen LogP contribution in [-0.4, -0.2) is 66.4 Å². The second kappa shape index (κ2) is 7.99. The second-order valence-electron chi connectivity index (χ2n) is 5.06. The van der Waals surface area contributed by atoms with Crippen molar-refractivity contribution in [1.29, 1.82) is 0 Å². The molecule has 1 fully saturated rings. The smallest absolute Gasteiger partial charge is 0.323 e. The van der Waals surface area contributed by atoms with Crippen molar-refractivity contribution in [3.05, 3.63) is 12.3 Å². The number of ether oxygens (including phenoxy) is 1. The van der Waals surface area contributed by atoms with Crippen molar-refractivity contribution < 1.29 is 14.1 Å². The fraction of sp³-hybridized carbons (Fsp3) is 0.714. The first-order valence-electron chi connectivity index (χ1n) is 7.52. The van der Waals surface area contributed by atoms with E-state index in [4.69, 9.17) is 9.26 Å². The topological polar surface area (TPSA) is 70.8 Å². The molecule has 21 heavy (non-hydrogen) atoms. The minimum absolute atomic E-state index is 0.119. The van der Waals surface area contributed by atoms with Gasteiger partial charge in [-0.2, -0.15) is 0 Å². The molecule has 2 rings (SSSR count). The number of carbonyl (C=O) groups is 1. The molecular formula is C14H24N4O3. The van der Waals surface area contributed by atoms with Gasteiger partial charge < -0.3 is 14.2 Å². The third-order valence-corrected chi connectivity index (χ3v) is 3.76. The number of hydrogen-bond donors (Lipinski definition) is 1. The van der Waals surface area contributed by atoms with Gasteiger partial charge in [-0.05, 0) is 13.3 Å². The second-order valence-corrected chi connectivity index (χ2v) is 5.06. The first-order chi connectivity index (χ1) is 10.2. The molecule has 1 N–H and O–H groups in total. The van der Waals surface area contributed by atoms with E-state index >= 15 is 0 Å². The van der Waals surface area contributed by atoms with Gasteiger partial charge in [-0.3, -0.25) is 10.2 Å². The van der Waals surface area contributed by atoms with Crippen molar-refractivity contribution in [3.63, 3.8) is 0 Å². The number of anilines is 1. The Morgan fingerprint density at radius 2 is 2.38 bits per heavy atom. The molecule has 0 aliphatic carbocycles. The third-order valence-electron chi connectivity index (χ3n) is 3.76. The predicted molar refractivity (Wildman–Crippen MR) is 79.2 cm³/mol. The Kier molecular flexibility index (Phi) is 6.01. The van der Waals surface area contributed by atoms with Gasteiger partial charge in [0.1, 0.15) is 6.26 Å². The lowest BCUT2D eigenvalue weighted by atomic mass is 10.1. The van der Waals surface area contributed by atoms with Crippen LogP contribution in [0.5, 0.6) is 0 Å². The predicted octanol–water partition coefficient (Wildman–Crippen LogP) is 1.64. The van der Waals surface area contributed by atoms with Crippen LogP contribution in [0.2, 0.25) is 0 Å². The van der Waals surface area contributed by atoms with Gasteiger partial charge in [-0.1, -0.05) is 12.1 Å². The fourth-order valence-electron chi connectivity index (χ4n) is 2.55. The van der Waals surface area contributed by atoms with Crippen LogP contribution in [0.4, 0.5) is 10.6 Å². The van der Waals surface area contributed by atoms with E-state index in [1.54, 1.807) is 6.07 Å². The Bertz CT molecular complexity index is 424. The van der Waals surface area contributed by atoms with Gasteiger partial charge in [0.05, 0.1) is 6.61 Å². The summed E-state index contributed by atoms with van der Waals surface area (Å²) in [5, 5.41) is 6.44. The fourth-order valence-corrected chi connectivity index (χ4v) is 2.55. The first-order valence-corrected chi connectivity index (χ1v) is 7.52. The molecule has 2 heterocycles. The number of urea groups is 1. The number of hydrogen-bond acceptors (Lipinski definition) is 5. The van der Waals surface area contributed by atoms with Gasteiger partial charge in [-0.15, -0.1) is 0 Å². The van der Waals surface area contributed by atoms with Crippen molar-refractivity contribution in [2.45, 2.75) is 26.3 Å². The number of nitrogens with one attached hydrogen (secondary N) is 1. The molecule has 1 aromatic heterocycles. The van der Waals surface area contributed by atoms with Gasteiger partial charge >= 0.3 is 6.03 Å². The SMILES string of the molecule is CCOCCN1CCN(C(=O)Nc2ccon2)CC1CC. The zero-order valence-corrected chi connectivity index (χ0v) is 12.7. The van der Waals surface area contributed by atoms with Crippen LogP contribution in [0, 0.1) is 0 Å². The van der Waals surface area contributed by atoms with E-state index in [2.05, 4.69) is 22.3 Å². The van der Waals surface area contributed by atoms with Gasteiger partial charge in [-0.25, -0.2) is 4.79 Å². The average molecular weight is 296 g/mol. The van der Waals surface area contributed by atoms with E-state index in [0.717, 1.165) is 39.3 Å². The minimum Gasteiger partial charge on any atom is -0.380 e. The average Bonchev–Trinajstić information content (AvgIpc) is 3.00. The lowest BCUT2D eigenvalue weighted by Gasteiger charge is -2.40. The summed E-state index contributed by atoms with van der Waals surface area (Å²) >= 11 is 0. The molecule has 1 unspecified atom stereocenters. The Morgan fingerprint density at radius 3 is 3.05 bits per heavy atom. The van der Waals surface area contributed by atoms with Crippen molar-refractivity contribution >= 4 is 11.8 Å². The van der Waals surface area contributed by atoms with Crippen LogP contribution in [0.1, 0.15) is 20.3 Å². The summed E-state index contributed by atoms with van der Waals surface area (Å²) in [5.41, 5.74) is 0. The standard InChI is InChI=1S/C14H24N4O3/c1-3-12-11-18(7-6-17(12)8-10-20-4-2)14(19)15-13-5-9-21-16-13/h5,9,12H,3-4,6-8,10-11H2,1-2H3,(H,15,16,19). The zero-order chi connectivity index (χ0) is 15.1. The third kappa shape index (κ3) is 4.44. The molecule has 1 aromatic rings. The van der Waals surface area contributed by atoms with E-state index in [1.807, 2.05) is 11.8 Å². The summed E-state index contributed by atoms with van der Waals surface area (Å²) in [7, 11) is 0. The monoisotopic (exact) mass is 296 g/mol. The minimum atomic E-state index is -0.119. The quantitative estimate of drug-likeness (QED) is 0.808. The van der Waals surface area contributed by atoms with Crippen LogP contribution in [0.15, 0.2) is 16.9 Å². The highest BCUT2D eigenvalue weighted by molar-refractivity contribution is 5.88. The molecule has 1 saturated heterocycles. The van der Waals surface area contributed by atoms with Crippen LogP contribution < -0.4 is 5.32 Å². The normalized spacial score (nSPS) is 19.7. The van der Waals surface area contributed by atoms with Crippen LogP contribution >= 0.6 is 0 Å². The molecule has 7 nitrogen and oxygen atoms in total. The van der Waals surface area contributed by atoms with Gasteiger partial charge in [0.15, 0.2) is 5.82 Å². The number of amides is 2. The highest BCUT2D eigenvalue weighted by atomic mass is 16.5. The number of carbonyl (C=O) groups excluding carboxylic acids is 1. The van der Waals surface area contributed by atoms with Crippen molar-refractivity contribution in [2.75, 3.05) is 44.7 Å². The molecule has 118 valence electrons. The molecular weight excluding hydrogens is 272 g/mol. The van der Waals surface area contributed by atoms with Gasteiger partial charge in [0, 0.05) is 44.9 Å². The molecule has 1 aliphatic heterocycles.